The van der Waals surface area contributed by atoms with Gasteiger partial charge in [0.1, 0.15) is 0 Å². The van der Waals surface area contributed by atoms with Crippen molar-refractivity contribution < 1.29 is 14.7 Å². The Hall–Kier alpha value is -1.40. The van der Waals surface area contributed by atoms with Crippen LogP contribution in [0.4, 0.5) is 5.69 Å². The van der Waals surface area contributed by atoms with Crippen molar-refractivity contribution in [3.8, 4) is 0 Å². The van der Waals surface area contributed by atoms with Gasteiger partial charge < -0.3 is 15.7 Å². The molecule has 1 fully saturated rings. The van der Waals surface area contributed by atoms with Crippen LogP contribution in [0.25, 0.3) is 0 Å². The fraction of sp³-hybridized carbons (Fsp3) is 0.429. The van der Waals surface area contributed by atoms with E-state index in [1.54, 1.807) is 12.1 Å². The highest BCUT2D eigenvalue weighted by Crippen LogP contribution is 2.31. The zero-order chi connectivity index (χ0) is 14.8. The van der Waals surface area contributed by atoms with Crippen molar-refractivity contribution in [3.05, 3.63) is 28.2 Å². The molecule has 1 aromatic rings. The van der Waals surface area contributed by atoms with Crippen molar-refractivity contribution in [3.63, 3.8) is 0 Å². The highest BCUT2D eigenvalue weighted by atomic mass is 79.9. The molecule has 1 aromatic carbocycles. The van der Waals surface area contributed by atoms with E-state index in [4.69, 9.17) is 0 Å². The predicted octanol–water partition coefficient (Wildman–Crippen LogP) is 2.48. The van der Waals surface area contributed by atoms with Crippen LogP contribution < -0.4 is 10.6 Å². The molecule has 6 heteroatoms. The number of hydrogen-bond donors (Lipinski definition) is 3. The third-order valence-corrected chi connectivity index (χ3v) is 4.29. The van der Waals surface area contributed by atoms with E-state index in [9.17, 15) is 14.7 Å². The summed E-state index contributed by atoms with van der Waals surface area (Å²) in [6.45, 7) is 3.41. The van der Waals surface area contributed by atoms with Gasteiger partial charge in [0.15, 0.2) is 0 Å². The summed E-state index contributed by atoms with van der Waals surface area (Å²) in [6, 6.07) is 4.82. The second-order valence-electron chi connectivity index (χ2n) is 5.26. The topological polar surface area (TPSA) is 78.4 Å². The number of anilines is 1. The van der Waals surface area contributed by atoms with Gasteiger partial charge in [-0.05, 0) is 54.4 Å². The number of aromatic carboxylic acids is 1. The molecule has 1 heterocycles. The smallest absolute Gasteiger partial charge is 0.337 e. The van der Waals surface area contributed by atoms with Gasteiger partial charge >= 0.3 is 5.97 Å². The van der Waals surface area contributed by atoms with E-state index in [1.165, 1.54) is 6.07 Å². The molecule has 0 bridgehead atoms. The lowest BCUT2D eigenvalue weighted by atomic mass is 9.82. The standard InChI is InChI=1S/C14H17BrN2O3/c1-14(6-3-7-16-8-14)13(20)17-11-9(12(18)19)4-2-5-10(11)15/h2,4-5,16H,3,6-8H2,1H3,(H,17,20)(H,18,19). The molecule has 20 heavy (non-hydrogen) atoms. The zero-order valence-corrected chi connectivity index (χ0v) is 12.8. The molecule has 1 unspecified atom stereocenters. The third-order valence-electron chi connectivity index (χ3n) is 3.63. The van der Waals surface area contributed by atoms with E-state index in [0.717, 1.165) is 19.4 Å². The van der Waals surface area contributed by atoms with E-state index in [1.807, 2.05) is 6.92 Å². The van der Waals surface area contributed by atoms with Crippen molar-refractivity contribution in [2.45, 2.75) is 19.8 Å². The summed E-state index contributed by atoms with van der Waals surface area (Å²) in [5, 5.41) is 15.2. The maximum absolute atomic E-state index is 12.5. The molecular weight excluding hydrogens is 324 g/mol. The molecule has 0 aliphatic carbocycles. The van der Waals surface area contributed by atoms with Crippen LogP contribution in [-0.2, 0) is 4.79 Å². The lowest BCUT2D eigenvalue weighted by Crippen LogP contribution is -2.46. The van der Waals surface area contributed by atoms with Gasteiger partial charge in [-0.1, -0.05) is 6.07 Å². The minimum Gasteiger partial charge on any atom is -0.478 e. The van der Waals surface area contributed by atoms with Gasteiger partial charge in [-0.2, -0.15) is 0 Å². The van der Waals surface area contributed by atoms with Crippen molar-refractivity contribution in [2.24, 2.45) is 5.41 Å². The number of carbonyl (C=O) groups is 2. The van der Waals surface area contributed by atoms with E-state index >= 15 is 0 Å². The largest absolute Gasteiger partial charge is 0.478 e. The minimum absolute atomic E-state index is 0.0834. The summed E-state index contributed by atoms with van der Waals surface area (Å²) < 4.78 is 0.568. The van der Waals surface area contributed by atoms with E-state index < -0.39 is 11.4 Å². The summed E-state index contributed by atoms with van der Waals surface area (Å²) in [5.74, 6) is -1.22. The Morgan fingerprint density at radius 2 is 2.20 bits per heavy atom. The Bertz CT molecular complexity index is 539. The third kappa shape index (κ3) is 3.02. The number of carboxylic acid groups (broad SMARTS) is 1. The lowest BCUT2D eigenvalue weighted by Gasteiger charge is -2.32. The highest BCUT2D eigenvalue weighted by Gasteiger charge is 2.35. The fourth-order valence-corrected chi connectivity index (χ4v) is 2.81. The van der Waals surface area contributed by atoms with Crippen LogP contribution in [0, 0.1) is 5.41 Å². The van der Waals surface area contributed by atoms with E-state index in [-0.39, 0.29) is 11.5 Å². The van der Waals surface area contributed by atoms with Gasteiger partial charge in [-0.3, -0.25) is 4.79 Å². The molecule has 3 N–H and O–H groups in total. The van der Waals surface area contributed by atoms with Crippen LogP contribution >= 0.6 is 15.9 Å². The zero-order valence-electron chi connectivity index (χ0n) is 11.2. The van der Waals surface area contributed by atoms with E-state index in [0.29, 0.717) is 16.7 Å². The van der Waals surface area contributed by atoms with Gasteiger partial charge in [-0.25, -0.2) is 4.79 Å². The molecule has 1 saturated heterocycles. The number of hydrogen-bond acceptors (Lipinski definition) is 3. The molecule has 1 atom stereocenters. The Balaban J connectivity index is 2.25. The maximum Gasteiger partial charge on any atom is 0.337 e. The SMILES string of the molecule is CC1(C(=O)Nc2c(Br)cccc2C(=O)O)CCCNC1. The van der Waals surface area contributed by atoms with Crippen LogP contribution in [0.2, 0.25) is 0 Å². The first-order chi connectivity index (χ1) is 9.44. The number of halogens is 1. The van der Waals surface area contributed by atoms with Gasteiger partial charge in [0.25, 0.3) is 0 Å². The molecule has 108 valence electrons. The predicted molar refractivity (Wildman–Crippen MR) is 79.9 cm³/mol. The summed E-state index contributed by atoms with van der Waals surface area (Å²) in [7, 11) is 0. The fourth-order valence-electron chi connectivity index (χ4n) is 2.34. The quantitative estimate of drug-likeness (QED) is 0.789. The molecular formula is C14H17BrN2O3. The van der Waals surface area contributed by atoms with Gasteiger partial charge in [-0.15, -0.1) is 0 Å². The van der Waals surface area contributed by atoms with E-state index in [2.05, 4.69) is 26.6 Å². The van der Waals surface area contributed by atoms with Crippen molar-refractivity contribution in [2.75, 3.05) is 18.4 Å². The van der Waals surface area contributed by atoms with Crippen molar-refractivity contribution in [1.29, 1.82) is 0 Å². The average Bonchev–Trinajstić information content (AvgIpc) is 2.41. The number of para-hydroxylation sites is 1. The summed E-state index contributed by atoms with van der Waals surface area (Å²) in [4.78, 5) is 23.7. The molecule has 0 spiro atoms. The molecule has 0 saturated carbocycles. The van der Waals surface area contributed by atoms with Crippen LogP contribution in [0.3, 0.4) is 0 Å². The lowest BCUT2D eigenvalue weighted by molar-refractivity contribution is -0.125. The normalized spacial score (nSPS) is 22.3. The van der Waals surface area contributed by atoms with Crippen molar-refractivity contribution >= 4 is 33.5 Å². The molecule has 0 aromatic heterocycles. The maximum atomic E-state index is 12.5. The van der Waals surface area contributed by atoms with Gasteiger partial charge in [0.05, 0.1) is 16.7 Å². The minimum atomic E-state index is -1.06. The monoisotopic (exact) mass is 340 g/mol. The molecule has 1 aliphatic rings. The number of carbonyl (C=O) groups excluding carboxylic acids is 1. The number of nitrogens with one attached hydrogen (secondary N) is 2. The molecule has 0 radical (unpaired) electrons. The second kappa shape index (κ2) is 5.93. The summed E-state index contributed by atoms with van der Waals surface area (Å²) in [5.41, 5.74) is -0.111. The molecule has 1 amide bonds. The molecule has 1 aliphatic heterocycles. The van der Waals surface area contributed by atoms with Gasteiger partial charge in [0.2, 0.25) is 5.91 Å². The summed E-state index contributed by atoms with van der Waals surface area (Å²) in [6.07, 6.45) is 1.73. The van der Waals surface area contributed by atoms with Gasteiger partial charge in [0, 0.05) is 11.0 Å². The first-order valence-electron chi connectivity index (χ1n) is 6.48. The Labute approximate surface area is 125 Å². The van der Waals surface area contributed by atoms with Crippen LogP contribution in [0.1, 0.15) is 30.1 Å². The summed E-state index contributed by atoms with van der Waals surface area (Å²) >= 11 is 3.29. The molecule has 2 rings (SSSR count). The number of rotatable bonds is 3. The number of amides is 1. The first-order valence-corrected chi connectivity index (χ1v) is 7.27. The average molecular weight is 341 g/mol. The Morgan fingerprint density at radius 3 is 2.80 bits per heavy atom. The number of benzene rings is 1. The number of carboxylic acids is 1. The highest BCUT2D eigenvalue weighted by molar-refractivity contribution is 9.10. The van der Waals surface area contributed by atoms with Crippen LogP contribution in [0.5, 0.6) is 0 Å². The Kier molecular flexibility index (Phi) is 4.45. The molecule has 5 nitrogen and oxygen atoms in total. The Morgan fingerprint density at radius 1 is 1.45 bits per heavy atom. The second-order valence-corrected chi connectivity index (χ2v) is 6.12. The number of piperidine rings is 1. The van der Waals surface area contributed by atoms with Crippen molar-refractivity contribution in [1.82, 2.24) is 5.32 Å². The van der Waals surface area contributed by atoms with Crippen LogP contribution in [0.15, 0.2) is 22.7 Å². The van der Waals surface area contributed by atoms with Crippen LogP contribution in [-0.4, -0.2) is 30.1 Å². The first kappa shape index (κ1) is 15.0.